The van der Waals surface area contributed by atoms with Crippen LogP contribution in [0, 0.1) is 0 Å². The largest absolute Gasteiger partial charge is 0.479 e. The lowest BCUT2D eigenvalue weighted by atomic mass is 9.91. The van der Waals surface area contributed by atoms with Crippen molar-refractivity contribution in [1.29, 1.82) is 0 Å². The Hall–Kier alpha value is -1.51. The van der Waals surface area contributed by atoms with Crippen LogP contribution in [0.5, 0.6) is 0 Å². The molecule has 0 heterocycles. The number of hydrogen-bond donors (Lipinski definition) is 3. The number of halogens is 3. The van der Waals surface area contributed by atoms with Crippen LogP contribution < -0.4 is 5.32 Å². The third-order valence-corrected chi connectivity index (χ3v) is 3.69. The molecule has 0 aromatic heterocycles. The van der Waals surface area contributed by atoms with E-state index in [0.717, 1.165) is 6.42 Å². The highest BCUT2D eigenvalue weighted by molar-refractivity contribution is 5.87. The molecule has 1 aliphatic carbocycles. The zero-order valence-corrected chi connectivity index (χ0v) is 11.6. The Labute approximate surface area is 119 Å². The first-order valence-corrected chi connectivity index (χ1v) is 6.63. The van der Waals surface area contributed by atoms with Gasteiger partial charge in [-0.05, 0) is 32.6 Å². The summed E-state index contributed by atoms with van der Waals surface area (Å²) in [5, 5.41) is 19.2. The van der Waals surface area contributed by atoms with Crippen molar-refractivity contribution in [3.05, 3.63) is 0 Å². The summed E-state index contributed by atoms with van der Waals surface area (Å²) in [7, 11) is 0. The van der Waals surface area contributed by atoms with Crippen molar-refractivity contribution in [3.63, 3.8) is 0 Å². The summed E-state index contributed by atoms with van der Waals surface area (Å²) in [5.41, 5.74) is -3.34. The normalized spacial score (nSPS) is 18.5. The van der Waals surface area contributed by atoms with Crippen molar-refractivity contribution < 1.29 is 33.0 Å². The smallest absolute Gasteiger partial charge is 0.422 e. The maximum absolute atomic E-state index is 12.9. The number of amides is 2. The highest BCUT2D eigenvalue weighted by Gasteiger charge is 2.59. The molecule has 0 radical (unpaired) electrons. The van der Waals surface area contributed by atoms with Crippen molar-refractivity contribution in [3.8, 4) is 0 Å². The second-order valence-corrected chi connectivity index (χ2v) is 5.21. The summed E-state index contributed by atoms with van der Waals surface area (Å²) >= 11 is 0. The van der Waals surface area contributed by atoms with Crippen molar-refractivity contribution in [2.24, 2.45) is 0 Å². The molecule has 122 valence electrons. The second kappa shape index (κ2) is 6.50. The molecule has 1 saturated carbocycles. The average Bonchev–Trinajstić information content (AvgIpc) is 2.29. The highest BCUT2D eigenvalue weighted by Crippen LogP contribution is 2.31. The molecule has 3 N–H and O–H groups in total. The van der Waals surface area contributed by atoms with Gasteiger partial charge in [0.05, 0.1) is 0 Å². The summed E-state index contributed by atoms with van der Waals surface area (Å²) < 4.78 is 38.6. The number of aliphatic hydroxyl groups is 1. The quantitative estimate of drug-likeness (QED) is 0.690. The molecule has 0 saturated heterocycles. The van der Waals surface area contributed by atoms with Gasteiger partial charge < -0.3 is 20.4 Å². The summed E-state index contributed by atoms with van der Waals surface area (Å²) in [5.74, 6) is -2.17. The van der Waals surface area contributed by atoms with Crippen LogP contribution >= 0.6 is 0 Å². The van der Waals surface area contributed by atoms with E-state index >= 15 is 0 Å². The minimum Gasteiger partial charge on any atom is -0.479 e. The van der Waals surface area contributed by atoms with Crippen molar-refractivity contribution in [2.45, 2.75) is 50.4 Å². The number of hydrogen-bond acceptors (Lipinski definition) is 3. The highest BCUT2D eigenvalue weighted by atomic mass is 19.4. The number of alkyl halides is 3. The molecule has 0 bridgehead atoms. The number of carboxylic acid groups (broad SMARTS) is 1. The molecule has 21 heavy (non-hydrogen) atoms. The zero-order valence-electron chi connectivity index (χ0n) is 11.6. The molecular weight excluding hydrogens is 293 g/mol. The molecule has 0 aromatic rings. The monoisotopic (exact) mass is 312 g/mol. The number of aliphatic hydroxyl groups excluding tert-OH is 1. The van der Waals surface area contributed by atoms with Crippen molar-refractivity contribution >= 4 is 12.0 Å². The zero-order chi connectivity index (χ0) is 16.3. The predicted octanol–water partition coefficient (Wildman–Crippen LogP) is 1.34. The molecule has 1 unspecified atom stereocenters. The van der Waals surface area contributed by atoms with E-state index in [2.05, 4.69) is 0 Å². The van der Waals surface area contributed by atoms with Gasteiger partial charge >= 0.3 is 18.2 Å². The number of rotatable bonds is 6. The Morgan fingerprint density at radius 1 is 1.33 bits per heavy atom. The molecule has 0 aliphatic heterocycles. The number of carboxylic acids is 1. The second-order valence-electron chi connectivity index (χ2n) is 5.21. The Kier molecular flexibility index (Phi) is 5.43. The van der Waals surface area contributed by atoms with Crippen LogP contribution in [0.1, 0.15) is 32.6 Å². The van der Waals surface area contributed by atoms with E-state index < -0.39 is 23.7 Å². The summed E-state index contributed by atoms with van der Waals surface area (Å²) in [4.78, 5) is 24.1. The summed E-state index contributed by atoms with van der Waals surface area (Å²) in [6.45, 7) is 0.296. The van der Waals surface area contributed by atoms with Crippen LogP contribution in [0.4, 0.5) is 18.0 Å². The minimum atomic E-state index is -5.11. The first-order valence-electron chi connectivity index (χ1n) is 6.63. The lowest BCUT2D eigenvalue weighted by Crippen LogP contribution is -2.65. The van der Waals surface area contributed by atoms with Crippen LogP contribution in [0.15, 0.2) is 0 Å². The molecule has 9 heteroatoms. The van der Waals surface area contributed by atoms with Gasteiger partial charge in [-0.1, -0.05) is 0 Å². The van der Waals surface area contributed by atoms with Gasteiger partial charge in [0, 0.05) is 19.2 Å². The minimum absolute atomic E-state index is 0.0839. The lowest BCUT2D eigenvalue weighted by Gasteiger charge is -2.39. The van der Waals surface area contributed by atoms with Crippen molar-refractivity contribution in [2.75, 3.05) is 13.2 Å². The molecule has 1 rings (SSSR count). The van der Waals surface area contributed by atoms with E-state index in [1.54, 1.807) is 5.32 Å². The first kappa shape index (κ1) is 17.5. The van der Waals surface area contributed by atoms with Gasteiger partial charge in [0.2, 0.25) is 5.54 Å². The lowest BCUT2D eigenvalue weighted by molar-refractivity contribution is -0.203. The molecule has 0 spiro atoms. The Morgan fingerprint density at radius 2 is 1.90 bits per heavy atom. The Bertz CT molecular complexity index is 398. The predicted molar refractivity (Wildman–Crippen MR) is 66.7 cm³/mol. The topological polar surface area (TPSA) is 89.9 Å². The average molecular weight is 312 g/mol. The van der Waals surface area contributed by atoms with Gasteiger partial charge in [0.25, 0.3) is 0 Å². The maximum atomic E-state index is 12.9. The van der Waals surface area contributed by atoms with E-state index in [1.807, 2.05) is 0 Å². The number of nitrogens with one attached hydrogen (secondary N) is 1. The van der Waals surface area contributed by atoms with Crippen LogP contribution in [-0.4, -0.2) is 58.0 Å². The van der Waals surface area contributed by atoms with Gasteiger partial charge in [-0.15, -0.1) is 0 Å². The molecular formula is C12H19F3N2O4. The van der Waals surface area contributed by atoms with E-state index in [0.29, 0.717) is 19.8 Å². The third kappa shape index (κ3) is 3.78. The van der Waals surface area contributed by atoms with E-state index in [9.17, 15) is 22.8 Å². The maximum Gasteiger partial charge on any atom is 0.422 e. The van der Waals surface area contributed by atoms with Crippen LogP contribution in [0.2, 0.25) is 0 Å². The van der Waals surface area contributed by atoms with Gasteiger partial charge in [0.15, 0.2) is 0 Å². The number of urea groups is 1. The number of carbonyl (C=O) groups excluding carboxylic acids is 1. The summed E-state index contributed by atoms with van der Waals surface area (Å²) in [6.07, 6.45) is -2.71. The van der Waals surface area contributed by atoms with E-state index in [4.69, 9.17) is 10.2 Å². The molecule has 1 fully saturated rings. The van der Waals surface area contributed by atoms with Gasteiger partial charge in [-0.3, -0.25) is 0 Å². The third-order valence-electron chi connectivity index (χ3n) is 3.69. The first-order chi connectivity index (χ1) is 9.63. The Balaban J connectivity index is 2.85. The van der Waals surface area contributed by atoms with Crippen LogP contribution in [0.3, 0.4) is 0 Å². The van der Waals surface area contributed by atoms with Gasteiger partial charge in [-0.2, -0.15) is 13.2 Å². The standard InChI is InChI=1S/C12H19F3N2O4/c1-11(9(19)20,12(13,14)15)16-10(21)17(6-3-7-18)8-4-2-5-8/h8,18H,2-7H2,1H3,(H,16,21)(H,19,20). The number of aliphatic carboxylic acids is 1. The van der Waals surface area contributed by atoms with Gasteiger partial charge in [0.1, 0.15) is 0 Å². The number of carbonyl (C=O) groups is 2. The van der Waals surface area contributed by atoms with E-state index in [-0.39, 0.29) is 25.6 Å². The fraction of sp³-hybridized carbons (Fsp3) is 0.833. The number of nitrogens with zero attached hydrogens (tertiary/aromatic N) is 1. The van der Waals surface area contributed by atoms with Crippen molar-refractivity contribution in [1.82, 2.24) is 10.2 Å². The van der Waals surface area contributed by atoms with Crippen LogP contribution in [0.25, 0.3) is 0 Å². The fourth-order valence-corrected chi connectivity index (χ4v) is 1.92. The summed E-state index contributed by atoms with van der Waals surface area (Å²) in [6, 6.07) is -1.28. The Morgan fingerprint density at radius 3 is 2.24 bits per heavy atom. The molecule has 1 atom stereocenters. The fourth-order valence-electron chi connectivity index (χ4n) is 1.92. The van der Waals surface area contributed by atoms with Crippen LogP contribution in [-0.2, 0) is 4.79 Å². The molecule has 2 amide bonds. The molecule has 0 aromatic carbocycles. The van der Waals surface area contributed by atoms with E-state index in [1.165, 1.54) is 4.90 Å². The molecule has 1 aliphatic rings. The SMILES string of the molecule is CC(NC(=O)N(CCCO)C1CCC1)(C(=O)O)C(F)(F)F. The molecule has 6 nitrogen and oxygen atoms in total. The van der Waals surface area contributed by atoms with Gasteiger partial charge in [-0.25, -0.2) is 9.59 Å².